The molecule has 0 aliphatic heterocycles. The number of anilines is 1. The van der Waals surface area contributed by atoms with Gasteiger partial charge in [-0.05, 0) is 54.5 Å². The van der Waals surface area contributed by atoms with Crippen LogP contribution in [0.25, 0.3) is 0 Å². The van der Waals surface area contributed by atoms with Crippen molar-refractivity contribution in [3.05, 3.63) is 59.4 Å². The zero-order chi connectivity index (χ0) is 13.9. The van der Waals surface area contributed by atoms with E-state index < -0.39 is 0 Å². The highest BCUT2D eigenvalue weighted by Crippen LogP contribution is 2.31. The molecule has 0 spiro atoms. The van der Waals surface area contributed by atoms with Gasteiger partial charge in [0.05, 0.1) is 11.7 Å². The number of rotatable bonds is 3. The highest BCUT2D eigenvalue weighted by Gasteiger charge is 2.20. The Labute approximate surface area is 121 Å². The van der Waals surface area contributed by atoms with Crippen molar-refractivity contribution in [2.75, 3.05) is 5.32 Å². The molecule has 1 unspecified atom stereocenters. The molecule has 0 fully saturated rings. The summed E-state index contributed by atoms with van der Waals surface area (Å²) in [6.07, 6.45) is 5.46. The number of aryl methyl sites for hydroxylation is 1. The van der Waals surface area contributed by atoms with E-state index in [0.29, 0.717) is 12.0 Å². The lowest BCUT2D eigenvalue weighted by Crippen LogP contribution is -2.18. The van der Waals surface area contributed by atoms with E-state index >= 15 is 0 Å². The molecule has 0 amide bonds. The lowest BCUT2D eigenvalue weighted by atomic mass is 9.91. The first-order chi connectivity index (χ1) is 9.74. The van der Waals surface area contributed by atoms with Crippen molar-refractivity contribution in [1.29, 1.82) is 0 Å². The first-order valence-electron chi connectivity index (χ1n) is 7.54. The number of fused-ring (bicyclic) bond motifs is 1. The van der Waals surface area contributed by atoms with Crippen LogP contribution in [0, 0.1) is 0 Å². The number of benzene rings is 1. The fourth-order valence-electron chi connectivity index (χ4n) is 2.92. The van der Waals surface area contributed by atoms with Gasteiger partial charge in [-0.2, -0.15) is 0 Å². The van der Waals surface area contributed by atoms with E-state index in [-0.39, 0.29) is 0 Å². The lowest BCUT2D eigenvalue weighted by Gasteiger charge is -2.26. The van der Waals surface area contributed by atoms with Crippen LogP contribution in [-0.2, 0) is 6.42 Å². The smallest absolute Gasteiger partial charge is 0.0688 e. The SMILES string of the molecule is CC(C)c1ccc(NC2CCCc3cccnc32)cc1. The summed E-state index contributed by atoms with van der Waals surface area (Å²) in [5, 5.41) is 3.64. The fourth-order valence-corrected chi connectivity index (χ4v) is 2.92. The Balaban J connectivity index is 1.78. The second kappa shape index (κ2) is 5.66. The van der Waals surface area contributed by atoms with Crippen LogP contribution >= 0.6 is 0 Å². The molecular formula is C18H22N2. The Morgan fingerprint density at radius 1 is 1.15 bits per heavy atom. The van der Waals surface area contributed by atoms with Crippen LogP contribution in [0.1, 0.15) is 55.5 Å². The Morgan fingerprint density at radius 2 is 1.95 bits per heavy atom. The predicted octanol–water partition coefficient (Wildman–Crippen LogP) is 4.69. The quantitative estimate of drug-likeness (QED) is 0.871. The van der Waals surface area contributed by atoms with Crippen LogP contribution in [0.4, 0.5) is 5.69 Å². The standard InChI is InChI=1S/C18H22N2/c1-13(2)14-8-10-16(11-9-14)20-17-7-3-5-15-6-4-12-19-18(15)17/h4,6,8-13,17,20H,3,5,7H2,1-2H3. The van der Waals surface area contributed by atoms with Crippen molar-refractivity contribution in [1.82, 2.24) is 4.98 Å². The molecule has 0 bridgehead atoms. The van der Waals surface area contributed by atoms with Crippen molar-refractivity contribution >= 4 is 5.69 Å². The fraction of sp³-hybridized carbons (Fsp3) is 0.389. The molecule has 2 heteroatoms. The molecule has 1 heterocycles. The molecule has 0 saturated carbocycles. The Kier molecular flexibility index (Phi) is 3.72. The first-order valence-corrected chi connectivity index (χ1v) is 7.54. The third kappa shape index (κ3) is 2.69. The zero-order valence-corrected chi connectivity index (χ0v) is 12.3. The lowest BCUT2D eigenvalue weighted by molar-refractivity contribution is 0.583. The van der Waals surface area contributed by atoms with Gasteiger partial charge < -0.3 is 5.32 Å². The van der Waals surface area contributed by atoms with E-state index in [1.54, 1.807) is 0 Å². The van der Waals surface area contributed by atoms with Gasteiger partial charge in [0.25, 0.3) is 0 Å². The van der Waals surface area contributed by atoms with Gasteiger partial charge in [-0.3, -0.25) is 4.98 Å². The van der Waals surface area contributed by atoms with E-state index in [9.17, 15) is 0 Å². The van der Waals surface area contributed by atoms with Crippen LogP contribution in [0.5, 0.6) is 0 Å². The van der Waals surface area contributed by atoms with Gasteiger partial charge in [-0.1, -0.05) is 32.0 Å². The van der Waals surface area contributed by atoms with Gasteiger partial charge >= 0.3 is 0 Å². The summed E-state index contributed by atoms with van der Waals surface area (Å²) in [6.45, 7) is 4.45. The van der Waals surface area contributed by atoms with Crippen LogP contribution < -0.4 is 5.32 Å². The van der Waals surface area contributed by atoms with Crippen molar-refractivity contribution in [2.45, 2.75) is 45.1 Å². The molecule has 104 valence electrons. The minimum atomic E-state index is 0.352. The maximum absolute atomic E-state index is 4.58. The summed E-state index contributed by atoms with van der Waals surface area (Å²) in [5.74, 6) is 0.584. The maximum atomic E-state index is 4.58. The van der Waals surface area contributed by atoms with Crippen molar-refractivity contribution in [3.8, 4) is 0 Å². The number of hydrogen-bond donors (Lipinski definition) is 1. The molecule has 1 aliphatic carbocycles. The van der Waals surface area contributed by atoms with Gasteiger partial charge in [-0.15, -0.1) is 0 Å². The normalized spacial score (nSPS) is 17.9. The predicted molar refractivity (Wildman–Crippen MR) is 84.1 cm³/mol. The molecule has 0 saturated heterocycles. The molecule has 1 atom stereocenters. The van der Waals surface area contributed by atoms with Crippen molar-refractivity contribution in [3.63, 3.8) is 0 Å². The van der Waals surface area contributed by atoms with E-state index in [0.717, 1.165) is 12.8 Å². The monoisotopic (exact) mass is 266 g/mol. The second-order valence-corrected chi connectivity index (χ2v) is 5.91. The molecule has 0 radical (unpaired) electrons. The second-order valence-electron chi connectivity index (χ2n) is 5.91. The van der Waals surface area contributed by atoms with Crippen molar-refractivity contribution in [2.24, 2.45) is 0 Å². The Morgan fingerprint density at radius 3 is 2.70 bits per heavy atom. The van der Waals surface area contributed by atoms with E-state index in [2.05, 4.69) is 54.5 Å². The van der Waals surface area contributed by atoms with Gasteiger partial charge in [0.2, 0.25) is 0 Å². The van der Waals surface area contributed by atoms with E-state index in [1.165, 1.54) is 28.9 Å². The summed E-state index contributed by atoms with van der Waals surface area (Å²) < 4.78 is 0. The number of aromatic nitrogens is 1. The average Bonchev–Trinajstić information content (AvgIpc) is 2.48. The topological polar surface area (TPSA) is 24.9 Å². The number of nitrogens with zero attached hydrogens (tertiary/aromatic N) is 1. The van der Waals surface area contributed by atoms with E-state index in [1.807, 2.05) is 12.3 Å². The Hall–Kier alpha value is -1.83. The third-order valence-corrected chi connectivity index (χ3v) is 4.11. The summed E-state index contributed by atoms with van der Waals surface area (Å²) in [5.41, 5.74) is 5.21. The highest BCUT2D eigenvalue weighted by molar-refractivity contribution is 5.47. The molecule has 2 aromatic rings. The Bertz CT molecular complexity index is 572. The highest BCUT2D eigenvalue weighted by atomic mass is 14.9. The number of hydrogen-bond acceptors (Lipinski definition) is 2. The van der Waals surface area contributed by atoms with Gasteiger partial charge in [0.15, 0.2) is 0 Å². The molecule has 20 heavy (non-hydrogen) atoms. The van der Waals surface area contributed by atoms with E-state index in [4.69, 9.17) is 0 Å². The van der Waals surface area contributed by atoms with Gasteiger partial charge in [0, 0.05) is 11.9 Å². The average molecular weight is 266 g/mol. The molecule has 1 aliphatic rings. The molecule has 1 N–H and O–H groups in total. The van der Waals surface area contributed by atoms with Crippen LogP contribution in [-0.4, -0.2) is 4.98 Å². The summed E-state index contributed by atoms with van der Waals surface area (Å²) >= 11 is 0. The zero-order valence-electron chi connectivity index (χ0n) is 12.3. The largest absolute Gasteiger partial charge is 0.377 e. The molecule has 1 aromatic carbocycles. The van der Waals surface area contributed by atoms with Crippen LogP contribution in [0.2, 0.25) is 0 Å². The van der Waals surface area contributed by atoms with Gasteiger partial charge in [-0.25, -0.2) is 0 Å². The molecule has 1 aromatic heterocycles. The summed E-state index contributed by atoms with van der Waals surface area (Å²) in [6, 6.07) is 13.4. The van der Waals surface area contributed by atoms with Crippen LogP contribution in [0.3, 0.4) is 0 Å². The molecule has 2 nitrogen and oxygen atoms in total. The summed E-state index contributed by atoms with van der Waals surface area (Å²) in [4.78, 5) is 4.58. The molecule has 3 rings (SSSR count). The minimum Gasteiger partial charge on any atom is -0.377 e. The van der Waals surface area contributed by atoms with Crippen molar-refractivity contribution < 1.29 is 0 Å². The van der Waals surface area contributed by atoms with Crippen LogP contribution in [0.15, 0.2) is 42.6 Å². The third-order valence-electron chi connectivity index (χ3n) is 4.11. The first kappa shape index (κ1) is 13.2. The maximum Gasteiger partial charge on any atom is 0.0688 e. The number of pyridine rings is 1. The van der Waals surface area contributed by atoms with Gasteiger partial charge in [0.1, 0.15) is 0 Å². The minimum absolute atomic E-state index is 0.352. The molecular weight excluding hydrogens is 244 g/mol. The summed E-state index contributed by atoms with van der Waals surface area (Å²) in [7, 11) is 0. The number of nitrogens with one attached hydrogen (secondary N) is 1.